The van der Waals surface area contributed by atoms with Crippen LogP contribution >= 0.6 is 0 Å². The number of aromatic nitrogens is 1. The molecule has 94 valence electrons. The summed E-state index contributed by atoms with van der Waals surface area (Å²) >= 11 is 0. The molecule has 0 saturated carbocycles. The van der Waals surface area contributed by atoms with E-state index in [1.807, 2.05) is 12.1 Å². The van der Waals surface area contributed by atoms with Gasteiger partial charge in [-0.05, 0) is 19.2 Å². The molecule has 1 aliphatic rings. The lowest BCUT2D eigenvalue weighted by molar-refractivity contribution is 0.313. The first-order valence-electron chi connectivity index (χ1n) is 6.32. The van der Waals surface area contributed by atoms with Crippen LogP contribution in [0.5, 0.6) is 0 Å². The normalized spacial score (nSPS) is 17.3. The smallest absolute Gasteiger partial charge is 0.0955 e. The minimum Gasteiger partial charge on any atom is -0.398 e. The molecule has 0 aliphatic carbocycles. The molecule has 2 N–H and O–H groups in total. The second-order valence-corrected chi connectivity index (χ2v) is 4.86. The van der Waals surface area contributed by atoms with Crippen molar-refractivity contribution in [3.63, 3.8) is 0 Å². The Kier molecular flexibility index (Phi) is 2.80. The summed E-state index contributed by atoms with van der Waals surface area (Å²) in [6.45, 7) is 4.29. The van der Waals surface area contributed by atoms with E-state index in [0.717, 1.165) is 42.8 Å². The SMILES string of the molecule is CN1CCN(c2cccc3c(N)ccnc23)CC1. The number of piperazine rings is 1. The summed E-state index contributed by atoms with van der Waals surface area (Å²) < 4.78 is 0. The van der Waals surface area contributed by atoms with E-state index in [-0.39, 0.29) is 0 Å². The number of benzene rings is 1. The second kappa shape index (κ2) is 4.46. The topological polar surface area (TPSA) is 45.4 Å². The van der Waals surface area contributed by atoms with Crippen molar-refractivity contribution in [2.24, 2.45) is 0 Å². The van der Waals surface area contributed by atoms with Gasteiger partial charge in [-0.25, -0.2) is 0 Å². The van der Waals surface area contributed by atoms with Crippen LogP contribution in [0.15, 0.2) is 30.5 Å². The fourth-order valence-corrected chi connectivity index (χ4v) is 2.48. The van der Waals surface area contributed by atoms with Crippen LogP contribution in [0.25, 0.3) is 10.9 Å². The van der Waals surface area contributed by atoms with E-state index >= 15 is 0 Å². The van der Waals surface area contributed by atoms with Crippen molar-refractivity contribution >= 4 is 22.3 Å². The highest BCUT2D eigenvalue weighted by molar-refractivity contribution is 5.97. The van der Waals surface area contributed by atoms with Crippen molar-refractivity contribution in [2.75, 3.05) is 43.9 Å². The minimum atomic E-state index is 0.802. The van der Waals surface area contributed by atoms with Gasteiger partial charge in [-0.1, -0.05) is 12.1 Å². The van der Waals surface area contributed by atoms with Gasteiger partial charge in [-0.2, -0.15) is 0 Å². The third-order valence-corrected chi connectivity index (χ3v) is 3.63. The molecule has 4 heteroatoms. The Morgan fingerprint density at radius 2 is 1.89 bits per heavy atom. The number of nitrogen functional groups attached to an aromatic ring is 1. The minimum absolute atomic E-state index is 0.802. The van der Waals surface area contributed by atoms with Gasteiger partial charge in [0.25, 0.3) is 0 Å². The third-order valence-electron chi connectivity index (χ3n) is 3.63. The number of pyridine rings is 1. The van der Waals surface area contributed by atoms with E-state index < -0.39 is 0 Å². The van der Waals surface area contributed by atoms with Crippen LogP contribution in [0.4, 0.5) is 11.4 Å². The lowest BCUT2D eigenvalue weighted by Gasteiger charge is -2.34. The summed E-state index contributed by atoms with van der Waals surface area (Å²) in [4.78, 5) is 9.25. The predicted octanol–water partition coefficient (Wildman–Crippen LogP) is 1.57. The molecule has 0 amide bonds. The molecule has 1 aromatic heterocycles. The Morgan fingerprint density at radius 3 is 2.67 bits per heavy atom. The van der Waals surface area contributed by atoms with Crippen molar-refractivity contribution < 1.29 is 0 Å². The van der Waals surface area contributed by atoms with Gasteiger partial charge in [0.15, 0.2) is 0 Å². The van der Waals surface area contributed by atoms with Crippen molar-refractivity contribution in [3.8, 4) is 0 Å². The van der Waals surface area contributed by atoms with Gasteiger partial charge in [-0.3, -0.25) is 4.98 Å². The van der Waals surface area contributed by atoms with E-state index in [0.29, 0.717) is 0 Å². The molecule has 1 aromatic carbocycles. The highest BCUT2D eigenvalue weighted by Gasteiger charge is 2.16. The maximum atomic E-state index is 6.01. The van der Waals surface area contributed by atoms with E-state index in [2.05, 4.69) is 34.0 Å². The monoisotopic (exact) mass is 242 g/mol. The molecule has 0 spiro atoms. The van der Waals surface area contributed by atoms with Gasteiger partial charge in [0.05, 0.1) is 11.2 Å². The fraction of sp³-hybridized carbons (Fsp3) is 0.357. The third kappa shape index (κ3) is 1.88. The van der Waals surface area contributed by atoms with Crippen LogP contribution in [-0.2, 0) is 0 Å². The van der Waals surface area contributed by atoms with E-state index in [1.54, 1.807) is 6.20 Å². The summed E-state index contributed by atoms with van der Waals surface area (Å²) in [5.41, 5.74) is 9.03. The van der Waals surface area contributed by atoms with E-state index in [1.165, 1.54) is 5.69 Å². The predicted molar refractivity (Wildman–Crippen MR) is 75.9 cm³/mol. The molecular formula is C14H18N4. The molecule has 1 aliphatic heterocycles. The number of likely N-dealkylation sites (N-methyl/N-ethyl adjacent to an activating group) is 1. The lowest BCUT2D eigenvalue weighted by Crippen LogP contribution is -2.44. The zero-order chi connectivity index (χ0) is 12.5. The summed E-state index contributed by atoms with van der Waals surface area (Å²) in [6, 6.07) is 8.10. The van der Waals surface area contributed by atoms with Crippen molar-refractivity contribution in [2.45, 2.75) is 0 Å². The van der Waals surface area contributed by atoms with E-state index in [9.17, 15) is 0 Å². The van der Waals surface area contributed by atoms with Gasteiger partial charge < -0.3 is 15.5 Å². The molecule has 1 fully saturated rings. The van der Waals surface area contributed by atoms with Crippen LogP contribution < -0.4 is 10.6 Å². The number of hydrogen-bond donors (Lipinski definition) is 1. The number of hydrogen-bond acceptors (Lipinski definition) is 4. The Morgan fingerprint density at radius 1 is 1.11 bits per heavy atom. The van der Waals surface area contributed by atoms with Gasteiger partial charge in [-0.15, -0.1) is 0 Å². The van der Waals surface area contributed by atoms with Crippen LogP contribution in [-0.4, -0.2) is 43.1 Å². The molecule has 0 atom stereocenters. The first-order valence-corrected chi connectivity index (χ1v) is 6.32. The number of para-hydroxylation sites is 1. The van der Waals surface area contributed by atoms with Gasteiger partial charge in [0, 0.05) is 43.4 Å². The number of nitrogens with two attached hydrogens (primary N) is 1. The molecule has 2 aromatic rings. The average molecular weight is 242 g/mol. The zero-order valence-corrected chi connectivity index (χ0v) is 10.6. The first kappa shape index (κ1) is 11.3. The summed E-state index contributed by atoms with van der Waals surface area (Å²) in [6.07, 6.45) is 1.79. The van der Waals surface area contributed by atoms with Gasteiger partial charge in [0.1, 0.15) is 0 Å². The summed E-state index contributed by atoms with van der Waals surface area (Å²) in [5.74, 6) is 0. The number of fused-ring (bicyclic) bond motifs is 1. The number of nitrogens with zero attached hydrogens (tertiary/aromatic N) is 3. The van der Waals surface area contributed by atoms with Gasteiger partial charge >= 0.3 is 0 Å². The Bertz CT molecular complexity index is 559. The molecule has 4 nitrogen and oxygen atoms in total. The molecule has 3 rings (SSSR count). The maximum absolute atomic E-state index is 6.01. The molecule has 2 heterocycles. The quantitative estimate of drug-likeness (QED) is 0.824. The Balaban J connectivity index is 2.04. The van der Waals surface area contributed by atoms with E-state index in [4.69, 9.17) is 5.73 Å². The molecule has 0 radical (unpaired) electrons. The van der Waals surface area contributed by atoms with Crippen LogP contribution in [0.2, 0.25) is 0 Å². The summed E-state index contributed by atoms with van der Waals surface area (Å²) in [7, 11) is 2.16. The highest BCUT2D eigenvalue weighted by atomic mass is 15.2. The lowest BCUT2D eigenvalue weighted by atomic mass is 10.1. The maximum Gasteiger partial charge on any atom is 0.0955 e. The largest absolute Gasteiger partial charge is 0.398 e. The van der Waals surface area contributed by atoms with Crippen LogP contribution in [0.1, 0.15) is 0 Å². The van der Waals surface area contributed by atoms with Crippen molar-refractivity contribution in [3.05, 3.63) is 30.5 Å². The van der Waals surface area contributed by atoms with Crippen LogP contribution in [0, 0.1) is 0 Å². The Hall–Kier alpha value is -1.81. The molecular weight excluding hydrogens is 224 g/mol. The number of rotatable bonds is 1. The molecule has 1 saturated heterocycles. The van der Waals surface area contributed by atoms with Crippen LogP contribution in [0.3, 0.4) is 0 Å². The molecule has 0 bridgehead atoms. The van der Waals surface area contributed by atoms with Gasteiger partial charge in [0.2, 0.25) is 0 Å². The molecule has 18 heavy (non-hydrogen) atoms. The Labute approximate surface area is 107 Å². The fourth-order valence-electron chi connectivity index (χ4n) is 2.48. The van der Waals surface area contributed by atoms with Crippen molar-refractivity contribution in [1.29, 1.82) is 0 Å². The number of anilines is 2. The zero-order valence-electron chi connectivity index (χ0n) is 10.6. The van der Waals surface area contributed by atoms with Crippen molar-refractivity contribution in [1.82, 2.24) is 9.88 Å². The summed E-state index contributed by atoms with van der Waals surface area (Å²) in [5, 5.41) is 1.05. The highest BCUT2D eigenvalue weighted by Crippen LogP contribution is 2.28. The second-order valence-electron chi connectivity index (χ2n) is 4.86. The first-order chi connectivity index (χ1) is 8.75. The molecule has 0 unspecified atom stereocenters. The standard InChI is InChI=1S/C14H18N4/c1-17-7-9-18(10-8-17)13-4-2-3-11-12(15)5-6-16-14(11)13/h2-6H,7-10H2,1H3,(H2,15,16). The average Bonchev–Trinajstić information content (AvgIpc) is 2.40.